The van der Waals surface area contributed by atoms with Crippen molar-refractivity contribution in [3.63, 3.8) is 0 Å². The lowest BCUT2D eigenvalue weighted by atomic mass is 10.1. The molecule has 28 heavy (non-hydrogen) atoms. The lowest BCUT2D eigenvalue weighted by Crippen LogP contribution is -2.32. The average molecular weight is 438 g/mol. The summed E-state index contributed by atoms with van der Waals surface area (Å²) in [4.78, 5) is 12.2. The van der Waals surface area contributed by atoms with Crippen molar-refractivity contribution in [2.75, 3.05) is 6.54 Å². The third-order valence-electron chi connectivity index (χ3n) is 4.06. The predicted octanol–water partition coefficient (Wildman–Crippen LogP) is 3.50. The zero-order valence-electron chi connectivity index (χ0n) is 14.9. The first-order valence-corrected chi connectivity index (χ1v) is 10.6. The maximum absolute atomic E-state index is 12.5. The summed E-state index contributed by atoms with van der Waals surface area (Å²) in [6.07, 6.45) is 0. The molecular weight excluding hydrogens is 421 g/mol. The van der Waals surface area contributed by atoms with Crippen molar-refractivity contribution in [2.45, 2.75) is 18.4 Å². The molecule has 0 aliphatic rings. The number of sulfonamides is 1. The molecule has 6 nitrogen and oxygen atoms in total. The first-order chi connectivity index (χ1) is 13.3. The zero-order chi connectivity index (χ0) is 20.3. The lowest BCUT2D eigenvalue weighted by Gasteiger charge is -2.11. The van der Waals surface area contributed by atoms with Gasteiger partial charge in [-0.3, -0.25) is 4.79 Å². The van der Waals surface area contributed by atoms with Crippen LogP contribution in [0.3, 0.4) is 0 Å². The van der Waals surface area contributed by atoms with E-state index in [1.54, 1.807) is 49.4 Å². The normalized spacial score (nSPS) is 11.5. The zero-order valence-corrected chi connectivity index (χ0v) is 17.2. The highest BCUT2D eigenvalue weighted by molar-refractivity contribution is 7.89. The maximum atomic E-state index is 12.5. The standard InChI is InChI=1S/C19H17Cl2N3O3S/c1-13-2-5-16(21)12-18(13)28(26,27)22-10-11-24-19(25)9-8-17(23-24)14-3-6-15(20)7-4-14/h2-9,12,22H,10-11H2,1H3. The number of aryl methyl sites for hydroxylation is 1. The van der Waals surface area contributed by atoms with Gasteiger partial charge in [-0.25, -0.2) is 17.8 Å². The Morgan fingerprint density at radius 1 is 1.00 bits per heavy atom. The number of hydrogen-bond donors (Lipinski definition) is 1. The first-order valence-electron chi connectivity index (χ1n) is 8.36. The minimum absolute atomic E-state index is 0.00522. The minimum atomic E-state index is -3.76. The van der Waals surface area contributed by atoms with Gasteiger partial charge >= 0.3 is 0 Å². The molecule has 1 heterocycles. The average Bonchev–Trinajstić information content (AvgIpc) is 2.66. The topological polar surface area (TPSA) is 81.1 Å². The first kappa shape index (κ1) is 20.5. The molecule has 0 saturated heterocycles. The summed E-state index contributed by atoms with van der Waals surface area (Å²) in [6.45, 7) is 1.77. The number of nitrogens with one attached hydrogen (secondary N) is 1. The van der Waals surface area contributed by atoms with Crippen LogP contribution in [-0.4, -0.2) is 24.7 Å². The Hall–Kier alpha value is -2.19. The van der Waals surface area contributed by atoms with Crippen molar-refractivity contribution >= 4 is 33.2 Å². The largest absolute Gasteiger partial charge is 0.268 e. The highest BCUT2D eigenvalue weighted by Crippen LogP contribution is 2.20. The molecule has 1 N–H and O–H groups in total. The van der Waals surface area contributed by atoms with Crippen molar-refractivity contribution in [1.29, 1.82) is 0 Å². The number of aromatic nitrogens is 2. The Bertz CT molecular complexity index is 1160. The predicted molar refractivity (Wildman–Crippen MR) is 110 cm³/mol. The van der Waals surface area contributed by atoms with Crippen molar-refractivity contribution in [3.8, 4) is 11.3 Å². The summed E-state index contributed by atoms with van der Waals surface area (Å²) < 4.78 is 28.7. The summed E-state index contributed by atoms with van der Waals surface area (Å²) in [5.74, 6) is 0. The van der Waals surface area contributed by atoms with E-state index < -0.39 is 10.0 Å². The van der Waals surface area contributed by atoms with Gasteiger partial charge in [0.2, 0.25) is 10.0 Å². The summed E-state index contributed by atoms with van der Waals surface area (Å²) >= 11 is 11.8. The van der Waals surface area contributed by atoms with Crippen molar-refractivity contribution in [1.82, 2.24) is 14.5 Å². The van der Waals surface area contributed by atoms with Crippen LogP contribution in [0.4, 0.5) is 0 Å². The van der Waals surface area contributed by atoms with E-state index >= 15 is 0 Å². The quantitative estimate of drug-likeness (QED) is 0.639. The second-order valence-corrected chi connectivity index (χ2v) is 8.70. The summed E-state index contributed by atoms with van der Waals surface area (Å²) in [7, 11) is -3.76. The molecule has 146 valence electrons. The van der Waals surface area contributed by atoms with E-state index in [-0.39, 0.29) is 23.5 Å². The van der Waals surface area contributed by atoms with Gasteiger partial charge in [-0.05, 0) is 42.8 Å². The Morgan fingerprint density at radius 3 is 2.39 bits per heavy atom. The van der Waals surface area contributed by atoms with Crippen molar-refractivity contribution < 1.29 is 8.42 Å². The van der Waals surface area contributed by atoms with Crippen LogP contribution >= 0.6 is 23.2 Å². The molecule has 3 rings (SSSR count). The molecule has 3 aromatic rings. The van der Waals surface area contributed by atoms with Gasteiger partial charge < -0.3 is 0 Å². The Kier molecular flexibility index (Phi) is 6.20. The van der Waals surface area contributed by atoms with Crippen LogP contribution in [0.25, 0.3) is 11.3 Å². The third-order valence-corrected chi connectivity index (χ3v) is 6.15. The molecule has 2 aromatic carbocycles. The van der Waals surface area contributed by atoms with Crippen LogP contribution in [0.1, 0.15) is 5.56 Å². The smallest absolute Gasteiger partial charge is 0.266 e. The van der Waals surface area contributed by atoms with E-state index in [1.165, 1.54) is 16.8 Å². The highest BCUT2D eigenvalue weighted by Gasteiger charge is 2.17. The highest BCUT2D eigenvalue weighted by atomic mass is 35.5. The number of rotatable bonds is 6. The van der Waals surface area contributed by atoms with Gasteiger partial charge in [0.25, 0.3) is 5.56 Å². The van der Waals surface area contributed by atoms with E-state index in [4.69, 9.17) is 23.2 Å². The van der Waals surface area contributed by atoms with Crippen LogP contribution in [0.15, 0.2) is 64.3 Å². The molecule has 1 aromatic heterocycles. The Balaban J connectivity index is 1.76. The summed E-state index contributed by atoms with van der Waals surface area (Å²) in [5.41, 5.74) is 1.64. The number of hydrogen-bond acceptors (Lipinski definition) is 4. The van der Waals surface area contributed by atoms with Crippen molar-refractivity contribution in [3.05, 3.63) is 80.6 Å². The van der Waals surface area contributed by atoms with Crippen LogP contribution in [0.5, 0.6) is 0 Å². The number of halogens is 2. The monoisotopic (exact) mass is 437 g/mol. The SMILES string of the molecule is Cc1ccc(Cl)cc1S(=O)(=O)NCCn1nc(-c2ccc(Cl)cc2)ccc1=O. The number of nitrogens with zero attached hydrogens (tertiary/aromatic N) is 2. The minimum Gasteiger partial charge on any atom is -0.268 e. The molecule has 0 saturated carbocycles. The van der Waals surface area contributed by atoms with Crippen molar-refractivity contribution in [2.24, 2.45) is 0 Å². The molecule has 0 spiro atoms. The van der Waals surface area contributed by atoms with E-state index in [1.807, 2.05) is 0 Å². The number of benzene rings is 2. The second-order valence-electron chi connectivity index (χ2n) is 6.09. The van der Waals surface area contributed by atoms with Gasteiger partial charge in [0.15, 0.2) is 0 Å². The maximum Gasteiger partial charge on any atom is 0.266 e. The lowest BCUT2D eigenvalue weighted by molar-refractivity contribution is 0.548. The van der Waals surface area contributed by atoms with Crippen LogP contribution in [0, 0.1) is 6.92 Å². The summed E-state index contributed by atoms with van der Waals surface area (Å²) in [5, 5.41) is 5.23. The second kappa shape index (κ2) is 8.45. The fourth-order valence-electron chi connectivity index (χ4n) is 2.61. The van der Waals surface area contributed by atoms with Crippen LogP contribution in [0.2, 0.25) is 10.0 Å². The summed E-state index contributed by atoms with van der Waals surface area (Å²) in [6, 6.07) is 14.7. The Morgan fingerprint density at radius 2 is 1.68 bits per heavy atom. The molecule has 0 atom stereocenters. The third kappa shape index (κ3) is 4.80. The molecule has 9 heteroatoms. The van der Waals surface area contributed by atoms with Gasteiger partial charge in [0.05, 0.1) is 17.1 Å². The fraction of sp³-hybridized carbons (Fsp3) is 0.158. The van der Waals surface area contributed by atoms with Gasteiger partial charge in [-0.2, -0.15) is 5.10 Å². The molecule has 0 radical (unpaired) electrons. The molecule has 0 aliphatic carbocycles. The fourth-order valence-corrected chi connectivity index (χ4v) is 4.26. The molecule has 0 unspecified atom stereocenters. The molecule has 0 aliphatic heterocycles. The van der Waals surface area contributed by atoms with Crippen LogP contribution in [-0.2, 0) is 16.6 Å². The molecule has 0 fully saturated rings. The van der Waals surface area contributed by atoms with E-state index in [0.29, 0.717) is 21.3 Å². The molecule has 0 amide bonds. The Labute approximate surface area is 172 Å². The molecule has 0 bridgehead atoms. The van der Waals surface area contributed by atoms with Crippen LogP contribution < -0.4 is 10.3 Å². The van der Waals surface area contributed by atoms with E-state index in [2.05, 4.69) is 9.82 Å². The van der Waals surface area contributed by atoms with Gasteiger partial charge in [0.1, 0.15) is 0 Å². The molecular formula is C19H17Cl2N3O3S. The van der Waals surface area contributed by atoms with Gasteiger partial charge in [-0.15, -0.1) is 0 Å². The van der Waals surface area contributed by atoms with E-state index in [0.717, 1.165) is 5.56 Å². The van der Waals surface area contributed by atoms with Gasteiger partial charge in [-0.1, -0.05) is 41.4 Å². The van der Waals surface area contributed by atoms with Gasteiger partial charge in [0, 0.05) is 28.2 Å². The van der Waals surface area contributed by atoms with E-state index in [9.17, 15) is 13.2 Å².